The van der Waals surface area contributed by atoms with Gasteiger partial charge in [-0.2, -0.15) is 0 Å². The Morgan fingerprint density at radius 1 is 1.10 bits per heavy atom. The number of hydrogen-bond acceptors (Lipinski definition) is 4. The number of nitrogens with zero attached hydrogens (tertiary/aromatic N) is 3. The first kappa shape index (κ1) is 21.0. The van der Waals surface area contributed by atoms with Crippen LogP contribution >= 0.6 is 0 Å². The predicted molar refractivity (Wildman–Crippen MR) is 123 cm³/mol. The van der Waals surface area contributed by atoms with Crippen molar-refractivity contribution in [3.05, 3.63) is 36.0 Å². The molecule has 1 aromatic carbocycles. The summed E-state index contributed by atoms with van der Waals surface area (Å²) >= 11 is 0. The number of amides is 1. The zero-order valence-corrected chi connectivity index (χ0v) is 19.0. The number of piperidine rings is 1. The molecule has 3 aliphatic rings. The average Bonchev–Trinajstić information content (AvgIpc) is 3.24. The third-order valence-electron chi connectivity index (χ3n) is 7.78. The summed E-state index contributed by atoms with van der Waals surface area (Å²) in [6.45, 7) is 11.7. The lowest BCUT2D eigenvalue weighted by Crippen LogP contribution is -2.58. The minimum atomic E-state index is -0.0463. The second-order valence-electron chi connectivity index (χ2n) is 9.91. The quantitative estimate of drug-likeness (QED) is 0.821. The van der Waals surface area contributed by atoms with Crippen molar-refractivity contribution >= 4 is 16.8 Å². The number of piperazine rings is 1. The van der Waals surface area contributed by atoms with Gasteiger partial charge in [0.1, 0.15) is 5.69 Å². The maximum atomic E-state index is 13.1. The summed E-state index contributed by atoms with van der Waals surface area (Å²) in [5, 5.41) is 1.09. The monoisotopic (exact) mass is 424 g/mol. The van der Waals surface area contributed by atoms with Crippen LogP contribution in [0.4, 0.5) is 0 Å². The van der Waals surface area contributed by atoms with Crippen molar-refractivity contribution in [2.45, 2.75) is 57.2 Å². The van der Waals surface area contributed by atoms with Crippen LogP contribution in [-0.2, 0) is 4.74 Å². The van der Waals surface area contributed by atoms with Crippen LogP contribution < -0.4 is 0 Å². The van der Waals surface area contributed by atoms with E-state index in [0.717, 1.165) is 56.3 Å². The lowest BCUT2D eigenvalue weighted by atomic mass is 9.81. The lowest BCUT2D eigenvalue weighted by molar-refractivity contribution is -0.132. The maximum Gasteiger partial charge on any atom is 0.270 e. The van der Waals surface area contributed by atoms with Gasteiger partial charge < -0.3 is 14.6 Å². The number of aromatic amines is 1. The van der Waals surface area contributed by atoms with E-state index >= 15 is 0 Å². The SMILES string of the molecule is CC(C)N1CCN(C2CCOC3(CCN(C(=O)c4cc5ccccc5[nH]4)CC3)C2)CC1. The van der Waals surface area contributed by atoms with Crippen LogP contribution in [0.5, 0.6) is 0 Å². The highest BCUT2D eigenvalue weighted by Gasteiger charge is 2.43. The molecule has 3 fully saturated rings. The molecular formula is C25H36N4O2. The Morgan fingerprint density at radius 3 is 2.55 bits per heavy atom. The molecule has 168 valence electrons. The van der Waals surface area contributed by atoms with Crippen LogP contribution in [0, 0.1) is 0 Å². The molecule has 1 N–H and O–H groups in total. The second-order valence-corrected chi connectivity index (χ2v) is 9.91. The van der Waals surface area contributed by atoms with Gasteiger partial charge >= 0.3 is 0 Å². The van der Waals surface area contributed by atoms with E-state index in [1.54, 1.807) is 0 Å². The number of rotatable bonds is 3. The number of para-hydroxylation sites is 1. The van der Waals surface area contributed by atoms with E-state index in [1.165, 1.54) is 26.2 Å². The molecule has 4 heterocycles. The van der Waals surface area contributed by atoms with Crippen molar-refractivity contribution in [2.24, 2.45) is 0 Å². The molecule has 3 aliphatic heterocycles. The number of ether oxygens (including phenoxy) is 1. The normalized spacial score (nSPS) is 25.5. The van der Waals surface area contributed by atoms with Crippen LogP contribution in [0.3, 0.4) is 0 Å². The number of fused-ring (bicyclic) bond motifs is 1. The fraction of sp³-hybridized carbons (Fsp3) is 0.640. The number of carbonyl (C=O) groups excluding carboxylic acids is 1. The summed E-state index contributed by atoms with van der Waals surface area (Å²) in [5.74, 6) is 0.114. The van der Waals surface area contributed by atoms with Crippen LogP contribution in [0.2, 0.25) is 0 Å². The van der Waals surface area contributed by atoms with Crippen molar-refractivity contribution in [2.75, 3.05) is 45.9 Å². The summed E-state index contributed by atoms with van der Waals surface area (Å²) in [6, 6.07) is 11.3. The highest BCUT2D eigenvalue weighted by molar-refractivity contribution is 5.98. The Hall–Kier alpha value is -1.89. The molecule has 0 saturated carbocycles. The van der Waals surface area contributed by atoms with E-state index in [4.69, 9.17) is 4.74 Å². The number of aromatic nitrogens is 1. The van der Waals surface area contributed by atoms with Gasteiger partial charge in [0.2, 0.25) is 0 Å². The molecule has 1 spiro atoms. The average molecular weight is 425 g/mol. The van der Waals surface area contributed by atoms with Crippen LogP contribution in [0.1, 0.15) is 50.0 Å². The van der Waals surface area contributed by atoms with Gasteiger partial charge in [-0.1, -0.05) is 18.2 Å². The Balaban J connectivity index is 1.19. The molecule has 3 saturated heterocycles. The first-order valence-electron chi connectivity index (χ1n) is 12.0. The van der Waals surface area contributed by atoms with Crippen LogP contribution in [-0.4, -0.2) is 89.2 Å². The number of likely N-dealkylation sites (tertiary alicyclic amines) is 1. The predicted octanol–water partition coefficient (Wildman–Crippen LogP) is 3.35. The highest BCUT2D eigenvalue weighted by atomic mass is 16.5. The molecule has 2 aromatic rings. The van der Waals surface area contributed by atoms with E-state index in [-0.39, 0.29) is 11.5 Å². The molecule has 1 aromatic heterocycles. The summed E-state index contributed by atoms with van der Waals surface area (Å²) in [7, 11) is 0. The minimum absolute atomic E-state index is 0.0463. The smallest absolute Gasteiger partial charge is 0.270 e. The molecule has 1 unspecified atom stereocenters. The standard InChI is InChI=1S/C25H36N4O2/c1-19(2)27-12-14-28(15-13-27)21-7-16-31-25(18-21)8-10-29(11-9-25)24(30)23-17-20-5-3-4-6-22(20)26-23/h3-6,17,19,21,26H,7-16,18H2,1-2H3. The number of carbonyl (C=O) groups is 1. The Bertz CT molecular complexity index is 874. The summed E-state index contributed by atoms with van der Waals surface area (Å²) in [4.78, 5) is 23.7. The molecule has 6 nitrogen and oxygen atoms in total. The van der Waals surface area contributed by atoms with Crippen molar-refractivity contribution < 1.29 is 9.53 Å². The van der Waals surface area contributed by atoms with Crippen molar-refractivity contribution in [1.82, 2.24) is 19.7 Å². The molecule has 31 heavy (non-hydrogen) atoms. The van der Waals surface area contributed by atoms with Gasteiger partial charge in [0, 0.05) is 68.9 Å². The van der Waals surface area contributed by atoms with E-state index in [9.17, 15) is 4.79 Å². The fourth-order valence-corrected chi connectivity index (χ4v) is 5.76. The topological polar surface area (TPSA) is 51.8 Å². The first-order valence-corrected chi connectivity index (χ1v) is 12.0. The molecule has 0 aliphatic carbocycles. The zero-order valence-electron chi connectivity index (χ0n) is 19.0. The zero-order chi connectivity index (χ0) is 21.4. The number of nitrogens with one attached hydrogen (secondary N) is 1. The Kier molecular flexibility index (Phi) is 5.80. The van der Waals surface area contributed by atoms with Gasteiger partial charge in [-0.3, -0.25) is 14.6 Å². The second kappa shape index (κ2) is 8.57. The molecule has 5 rings (SSSR count). The van der Waals surface area contributed by atoms with Gasteiger partial charge in [0.15, 0.2) is 0 Å². The highest BCUT2D eigenvalue weighted by Crippen LogP contribution is 2.37. The van der Waals surface area contributed by atoms with E-state index < -0.39 is 0 Å². The first-order chi connectivity index (χ1) is 15.0. The van der Waals surface area contributed by atoms with Crippen molar-refractivity contribution in [1.29, 1.82) is 0 Å². The number of hydrogen-bond donors (Lipinski definition) is 1. The largest absolute Gasteiger partial charge is 0.375 e. The summed E-state index contributed by atoms with van der Waals surface area (Å²) < 4.78 is 6.39. The van der Waals surface area contributed by atoms with Gasteiger partial charge in [-0.15, -0.1) is 0 Å². The van der Waals surface area contributed by atoms with E-state index in [2.05, 4.69) is 28.6 Å². The lowest BCUT2D eigenvalue weighted by Gasteiger charge is -2.50. The number of H-pyrrole nitrogens is 1. The molecule has 6 heteroatoms. The van der Waals surface area contributed by atoms with Gasteiger partial charge in [0.05, 0.1) is 5.60 Å². The Labute approximate surface area is 185 Å². The molecule has 0 radical (unpaired) electrons. The van der Waals surface area contributed by atoms with Crippen LogP contribution in [0.25, 0.3) is 10.9 Å². The van der Waals surface area contributed by atoms with Gasteiger partial charge in [-0.25, -0.2) is 0 Å². The third kappa shape index (κ3) is 4.26. The maximum absolute atomic E-state index is 13.1. The van der Waals surface area contributed by atoms with Crippen LogP contribution in [0.15, 0.2) is 30.3 Å². The summed E-state index contributed by atoms with van der Waals surface area (Å²) in [6.07, 6.45) is 4.15. The molecule has 1 amide bonds. The molecular weight excluding hydrogens is 388 g/mol. The molecule has 1 atom stereocenters. The van der Waals surface area contributed by atoms with Gasteiger partial charge in [0.25, 0.3) is 5.91 Å². The number of benzene rings is 1. The molecule has 0 bridgehead atoms. The Morgan fingerprint density at radius 2 is 1.84 bits per heavy atom. The van der Waals surface area contributed by atoms with Crippen molar-refractivity contribution in [3.8, 4) is 0 Å². The third-order valence-corrected chi connectivity index (χ3v) is 7.78. The fourth-order valence-electron chi connectivity index (χ4n) is 5.76. The minimum Gasteiger partial charge on any atom is -0.375 e. The van der Waals surface area contributed by atoms with Crippen molar-refractivity contribution in [3.63, 3.8) is 0 Å². The van der Waals surface area contributed by atoms with E-state index in [1.807, 2.05) is 35.2 Å². The summed E-state index contributed by atoms with van der Waals surface area (Å²) in [5.41, 5.74) is 1.67. The van der Waals surface area contributed by atoms with Gasteiger partial charge in [-0.05, 0) is 51.7 Å². The van der Waals surface area contributed by atoms with E-state index in [0.29, 0.717) is 17.8 Å².